The summed E-state index contributed by atoms with van der Waals surface area (Å²) in [7, 11) is 0. The van der Waals surface area contributed by atoms with E-state index in [0.29, 0.717) is 12.2 Å². The molecule has 2 aromatic carbocycles. The summed E-state index contributed by atoms with van der Waals surface area (Å²) in [6.45, 7) is 0.365. The molecule has 2 atom stereocenters. The van der Waals surface area contributed by atoms with Crippen LogP contribution in [0, 0.1) is 11.6 Å². The van der Waals surface area contributed by atoms with Crippen molar-refractivity contribution in [3.8, 4) is 5.69 Å². The molecular weight excluding hydrogens is 379 g/mol. The van der Waals surface area contributed by atoms with Gasteiger partial charge in [-0.15, -0.1) is 5.10 Å². The second-order valence-electron chi connectivity index (χ2n) is 6.71. The van der Waals surface area contributed by atoms with Crippen molar-refractivity contribution >= 4 is 0 Å². The smallest absolute Gasteiger partial charge is 0.308 e. The highest BCUT2D eigenvalue weighted by molar-refractivity contribution is 5.36. The van der Waals surface area contributed by atoms with Gasteiger partial charge in [-0.05, 0) is 42.3 Å². The molecule has 0 aliphatic heterocycles. The number of hydrogen-bond acceptors (Lipinski definition) is 3. The predicted molar refractivity (Wildman–Crippen MR) is 90.7 cm³/mol. The molecule has 4 rings (SSSR count). The van der Waals surface area contributed by atoms with Crippen LogP contribution in [-0.4, -0.2) is 21.0 Å². The number of halogens is 5. The van der Waals surface area contributed by atoms with Crippen molar-refractivity contribution in [2.45, 2.75) is 31.1 Å². The largest absolute Gasteiger partial charge is 0.416 e. The Balaban J connectivity index is 1.38. The van der Waals surface area contributed by atoms with Crippen molar-refractivity contribution in [2.75, 3.05) is 0 Å². The predicted octanol–water partition coefficient (Wildman–Crippen LogP) is 4.21. The SMILES string of the molecule is Fc1ccc([C@@H]2C[C@H]2NCc2cn(-c3cccc(C(F)(F)F)c3)nn2)cc1F. The quantitative estimate of drug-likeness (QED) is 0.660. The van der Waals surface area contributed by atoms with E-state index in [1.807, 2.05) is 0 Å². The Morgan fingerprint density at radius 2 is 1.89 bits per heavy atom. The number of nitrogens with zero attached hydrogens (tertiary/aromatic N) is 3. The molecule has 0 radical (unpaired) electrons. The summed E-state index contributed by atoms with van der Waals surface area (Å²) in [5.74, 6) is -1.65. The zero-order valence-electron chi connectivity index (χ0n) is 14.4. The summed E-state index contributed by atoms with van der Waals surface area (Å²) in [5, 5.41) is 11.1. The highest BCUT2D eigenvalue weighted by Crippen LogP contribution is 2.41. The van der Waals surface area contributed by atoms with Gasteiger partial charge in [-0.25, -0.2) is 13.5 Å². The average molecular weight is 394 g/mol. The lowest BCUT2D eigenvalue weighted by molar-refractivity contribution is -0.137. The van der Waals surface area contributed by atoms with Crippen molar-refractivity contribution in [3.05, 3.63) is 77.1 Å². The van der Waals surface area contributed by atoms with Crippen LogP contribution in [0.2, 0.25) is 0 Å². The minimum Gasteiger partial charge on any atom is -0.308 e. The van der Waals surface area contributed by atoms with Gasteiger partial charge in [0.15, 0.2) is 11.6 Å². The van der Waals surface area contributed by atoms with Gasteiger partial charge >= 0.3 is 6.18 Å². The number of hydrogen-bond donors (Lipinski definition) is 1. The molecule has 9 heteroatoms. The lowest BCUT2D eigenvalue weighted by atomic mass is 10.1. The van der Waals surface area contributed by atoms with Crippen LogP contribution in [0.1, 0.15) is 29.2 Å². The zero-order valence-corrected chi connectivity index (χ0v) is 14.4. The molecule has 3 aromatic rings. The van der Waals surface area contributed by atoms with Crippen molar-refractivity contribution in [2.24, 2.45) is 0 Å². The number of nitrogens with one attached hydrogen (secondary N) is 1. The van der Waals surface area contributed by atoms with Crippen LogP contribution in [0.4, 0.5) is 22.0 Å². The second-order valence-corrected chi connectivity index (χ2v) is 6.71. The highest BCUT2D eigenvalue weighted by Gasteiger charge is 2.38. The molecule has 1 aliphatic carbocycles. The fraction of sp³-hybridized carbons (Fsp3) is 0.263. The third kappa shape index (κ3) is 3.89. The highest BCUT2D eigenvalue weighted by atomic mass is 19.4. The molecule has 1 aliphatic rings. The van der Waals surface area contributed by atoms with E-state index in [1.165, 1.54) is 22.9 Å². The van der Waals surface area contributed by atoms with Crippen LogP contribution in [-0.2, 0) is 12.7 Å². The van der Waals surface area contributed by atoms with Gasteiger partial charge in [0, 0.05) is 18.5 Å². The summed E-state index contributed by atoms with van der Waals surface area (Å²) in [4.78, 5) is 0. The van der Waals surface area contributed by atoms with Gasteiger partial charge in [0.2, 0.25) is 0 Å². The van der Waals surface area contributed by atoms with Crippen molar-refractivity contribution in [1.82, 2.24) is 20.3 Å². The van der Waals surface area contributed by atoms with Gasteiger partial charge in [0.25, 0.3) is 0 Å². The van der Waals surface area contributed by atoms with Gasteiger partial charge in [-0.1, -0.05) is 17.3 Å². The Morgan fingerprint density at radius 3 is 2.64 bits per heavy atom. The summed E-state index contributed by atoms with van der Waals surface area (Å²) < 4.78 is 66.1. The van der Waals surface area contributed by atoms with Crippen LogP contribution >= 0.6 is 0 Å². The van der Waals surface area contributed by atoms with E-state index < -0.39 is 23.4 Å². The Labute approximate surface area is 157 Å². The molecule has 0 spiro atoms. The maximum Gasteiger partial charge on any atom is 0.416 e. The summed E-state index contributed by atoms with van der Waals surface area (Å²) in [6.07, 6.45) is -2.09. The molecule has 0 amide bonds. The number of aromatic nitrogens is 3. The Morgan fingerprint density at radius 1 is 1.07 bits per heavy atom. The lowest BCUT2D eigenvalue weighted by Crippen LogP contribution is -2.17. The Hall–Kier alpha value is -2.81. The van der Waals surface area contributed by atoms with Gasteiger partial charge in [-0.3, -0.25) is 0 Å². The first-order valence-corrected chi connectivity index (χ1v) is 8.58. The molecule has 1 heterocycles. The fourth-order valence-electron chi connectivity index (χ4n) is 3.10. The minimum atomic E-state index is -4.43. The van der Waals surface area contributed by atoms with Crippen LogP contribution in [0.5, 0.6) is 0 Å². The van der Waals surface area contributed by atoms with Crippen LogP contribution in [0.15, 0.2) is 48.7 Å². The van der Waals surface area contributed by atoms with E-state index >= 15 is 0 Å². The van der Waals surface area contributed by atoms with Crippen LogP contribution < -0.4 is 5.32 Å². The van der Waals surface area contributed by atoms with Gasteiger partial charge < -0.3 is 5.32 Å². The van der Waals surface area contributed by atoms with E-state index in [9.17, 15) is 22.0 Å². The molecular formula is C19H15F5N4. The first-order chi connectivity index (χ1) is 13.3. The number of alkyl halides is 3. The Kier molecular flexibility index (Phi) is 4.62. The monoisotopic (exact) mass is 394 g/mol. The van der Waals surface area contributed by atoms with Crippen molar-refractivity contribution in [3.63, 3.8) is 0 Å². The molecule has 1 aromatic heterocycles. The fourth-order valence-corrected chi connectivity index (χ4v) is 3.10. The van der Waals surface area contributed by atoms with E-state index in [-0.39, 0.29) is 17.6 Å². The Bertz CT molecular complexity index is 998. The second kappa shape index (κ2) is 6.97. The van der Waals surface area contributed by atoms with Gasteiger partial charge in [-0.2, -0.15) is 13.2 Å². The number of rotatable bonds is 5. The van der Waals surface area contributed by atoms with E-state index in [2.05, 4.69) is 15.6 Å². The van der Waals surface area contributed by atoms with Crippen LogP contribution in [0.25, 0.3) is 5.69 Å². The third-order valence-electron chi connectivity index (χ3n) is 4.69. The summed E-state index contributed by atoms with van der Waals surface area (Å²) in [6, 6.07) is 8.81. The van der Waals surface area contributed by atoms with Gasteiger partial charge in [0.05, 0.1) is 23.1 Å². The molecule has 146 valence electrons. The average Bonchev–Trinajstić information content (AvgIpc) is 3.28. The topological polar surface area (TPSA) is 42.7 Å². The molecule has 28 heavy (non-hydrogen) atoms. The lowest BCUT2D eigenvalue weighted by Gasteiger charge is -2.08. The third-order valence-corrected chi connectivity index (χ3v) is 4.69. The standard InChI is InChI=1S/C19H15F5N4/c20-16-5-4-11(6-17(16)21)15-8-18(15)25-9-13-10-28(27-26-13)14-3-1-2-12(7-14)19(22,23)24/h1-7,10,15,18,25H,8-9H2/t15-,18+/m0/s1. The van der Waals surface area contributed by atoms with E-state index in [4.69, 9.17) is 0 Å². The molecule has 1 saturated carbocycles. The first-order valence-electron chi connectivity index (χ1n) is 8.58. The van der Waals surface area contributed by atoms with Crippen molar-refractivity contribution < 1.29 is 22.0 Å². The van der Waals surface area contributed by atoms with E-state index in [0.717, 1.165) is 30.2 Å². The van der Waals surface area contributed by atoms with Crippen LogP contribution in [0.3, 0.4) is 0 Å². The molecule has 4 nitrogen and oxygen atoms in total. The minimum absolute atomic E-state index is 0.0913. The summed E-state index contributed by atoms with van der Waals surface area (Å²) >= 11 is 0. The number of benzene rings is 2. The molecule has 1 fully saturated rings. The molecule has 0 saturated heterocycles. The normalized spacial score (nSPS) is 19.0. The van der Waals surface area contributed by atoms with Crippen molar-refractivity contribution in [1.29, 1.82) is 0 Å². The van der Waals surface area contributed by atoms with Gasteiger partial charge in [0.1, 0.15) is 0 Å². The first kappa shape index (κ1) is 18.5. The summed E-state index contributed by atoms with van der Waals surface area (Å²) in [5.41, 5.74) is 0.796. The molecule has 1 N–H and O–H groups in total. The molecule has 0 bridgehead atoms. The maximum atomic E-state index is 13.3. The maximum absolute atomic E-state index is 13.3. The van der Waals surface area contributed by atoms with E-state index in [1.54, 1.807) is 12.3 Å². The zero-order chi connectivity index (χ0) is 19.9. The molecule has 0 unspecified atom stereocenters.